The first kappa shape index (κ1) is 9.90. The third-order valence-corrected chi connectivity index (χ3v) is 4.69. The molecule has 2 aliphatic carbocycles. The van der Waals surface area contributed by atoms with Crippen LogP contribution in [0.15, 0.2) is 24.3 Å². The van der Waals surface area contributed by atoms with Gasteiger partial charge in [0.15, 0.2) is 0 Å². The van der Waals surface area contributed by atoms with Crippen molar-refractivity contribution in [3.63, 3.8) is 0 Å². The third kappa shape index (κ3) is 1.23. The molecule has 0 aliphatic heterocycles. The minimum atomic E-state index is 0.508. The minimum absolute atomic E-state index is 0.508. The van der Waals surface area contributed by atoms with Gasteiger partial charge in [0, 0.05) is 5.39 Å². The van der Waals surface area contributed by atoms with E-state index >= 15 is 0 Å². The number of hydrogen-bond donors (Lipinski definition) is 0. The highest BCUT2D eigenvalue weighted by Crippen LogP contribution is 2.58. The van der Waals surface area contributed by atoms with Gasteiger partial charge in [0.25, 0.3) is 0 Å². The van der Waals surface area contributed by atoms with Crippen molar-refractivity contribution >= 4 is 22.5 Å². The molecule has 1 aromatic heterocycles. The van der Waals surface area contributed by atoms with Crippen molar-refractivity contribution < 1.29 is 0 Å². The van der Waals surface area contributed by atoms with Crippen LogP contribution in [0.4, 0.5) is 0 Å². The van der Waals surface area contributed by atoms with Crippen LogP contribution in [0, 0.1) is 0 Å². The SMILES string of the molecule is ClCc1ccc2ccc3c(c2n1)C1CCCC31. The molecule has 0 saturated heterocycles. The van der Waals surface area contributed by atoms with E-state index in [2.05, 4.69) is 18.2 Å². The summed E-state index contributed by atoms with van der Waals surface area (Å²) in [4.78, 5) is 4.73. The molecular formula is C15H14ClN. The van der Waals surface area contributed by atoms with Crippen LogP contribution in [0.3, 0.4) is 0 Å². The van der Waals surface area contributed by atoms with Crippen molar-refractivity contribution in [1.29, 1.82) is 0 Å². The second kappa shape index (κ2) is 3.46. The molecule has 0 bridgehead atoms. The Bertz CT molecular complexity index is 605. The van der Waals surface area contributed by atoms with E-state index in [1.54, 1.807) is 5.56 Å². The number of hydrogen-bond acceptors (Lipinski definition) is 1. The summed E-state index contributed by atoms with van der Waals surface area (Å²) in [6, 6.07) is 8.72. The van der Waals surface area contributed by atoms with E-state index in [9.17, 15) is 0 Å². The molecule has 0 spiro atoms. The summed E-state index contributed by atoms with van der Waals surface area (Å²) < 4.78 is 0. The number of rotatable bonds is 1. The molecule has 1 saturated carbocycles. The first-order valence-corrected chi connectivity index (χ1v) is 6.90. The maximum absolute atomic E-state index is 5.89. The number of pyridine rings is 1. The topological polar surface area (TPSA) is 12.9 Å². The van der Waals surface area contributed by atoms with Gasteiger partial charge >= 0.3 is 0 Å². The predicted molar refractivity (Wildman–Crippen MR) is 70.6 cm³/mol. The van der Waals surface area contributed by atoms with Crippen LogP contribution in [0.25, 0.3) is 10.9 Å². The standard InChI is InChI=1S/C15H14ClN/c16-8-10-6-4-9-5-7-13-11-2-1-3-12(11)14(13)15(9)17-10/h4-7,11-12H,1-3,8H2. The molecule has 0 radical (unpaired) electrons. The van der Waals surface area contributed by atoms with Gasteiger partial charge in [-0.25, -0.2) is 0 Å². The lowest BCUT2D eigenvalue weighted by molar-refractivity contribution is 0.547. The maximum Gasteiger partial charge on any atom is 0.0743 e. The fourth-order valence-electron chi connectivity index (χ4n) is 3.64. The van der Waals surface area contributed by atoms with E-state index < -0.39 is 0 Å². The summed E-state index contributed by atoms with van der Waals surface area (Å²) in [6.07, 6.45) is 4.10. The van der Waals surface area contributed by atoms with Gasteiger partial charge in [-0.3, -0.25) is 4.98 Å². The molecular weight excluding hydrogens is 230 g/mol. The third-order valence-electron chi connectivity index (χ3n) is 4.42. The first-order valence-electron chi connectivity index (χ1n) is 6.37. The second-order valence-electron chi connectivity index (χ2n) is 5.22. The Morgan fingerprint density at radius 2 is 1.94 bits per heavy atom. The van der Waals surface area contributed by atoms with E-state index in [0.29, 0.717) is 5.88 Å². The number of halogens is 1. The van der Waals surface area contributed by atoms with Gasteiger partial charge in [-0.05, 0) is 41.9 Å². The Morgan fingerprint density at radius 1 is 1.12 bits per heavy atom. The first-order chi connectivity index (χ1) is 8.38. The minimum Gasteiger partial charge on any atom is -0.251 e. The molecule has 1 nitrogen and oxygen atoms in total. The van der Waals surface area contributed by atoms with Crippen molar-refractivity contribution in [3.05, 3.63) is 41.1 Å². The zero-order valence-corrected chi connectivity index (χ0v) is 10.4. The Morgan fingerprint density at radius 3 is 2.82 bits per heavy atom. The van der Waals surface area contributed by atoms with Crippen LogP contribution in [0.1, 0.15) is 47.9 Å². The summed E-state index contributed by atoms with van der Waals surface area (Å²) in [5.74, 6) is 2.12. The van der Waals surface area contributed by atoms with E-state index in [0.717, 1.165) is 17.5 Å². The highest BCUT2D eigenvalue weighted by molar-refractivity contribution is 6.17. The fourth-order valence-corrected chi connectivity index (χ4v) is 3.78. The van der Waals surface area contributed by atoms with Gasteiger partial charge < -0.3 is 0 Å². The van der Waals surface area contributed by atoms with Gasteiger partial charge in [-0.15, -0.1) is 11.6 Å². The zero-order chi connectivity index (χ0) is 11.4. The molecule has 2 aromatic rings. The number of alkyl halides is 1. The summed E-state index contributed by atoms with van der Waals surface area (Å²) in [5, 5.41) is 1.27. The maximum atomic E-state index is 5.89. The molecule has 1 fully saturated rings. The molecule has 0 N–H and O–H groups in total. The monoisotopic (exact) mass is 243 g/mol. The highest BCUT2D eigenvalue weighted by atomic mass is 35.5. The van der Waals surface area contributed by atoms with Crippen LogP contribution < -0.4 is 0 Å². The van der Waals surface area contributed by atoms with Crippen LogP contribution in [-0.2, 0) is 5.88 Å². The average molecular weight is 244 g/mol. The van der Waals surface area contributed by atoms with Gasteiger partial charge in [0.2, 0.25) is 0 Å². The quantitative estimate of drug-likeness (QED) is 0.679. The molecule has 0 amide bonds. The number of benzene rings is 1. The van der Waals surface area contributed by atoms with E-state index in [1.165, 1.54) is 35.7 Å². The van der Waals surface area contributed by atoms with Gasteiger partial charge in [0.05, 0.1) is 17.1 Å². The fraction of sp³-hybridized carbons (Fsp3) is 0.400. The summed E-state index contributed by atoms with van der Waals surface area (Å²) in [6.45, 7) is 0. The molecule has 2 aliphatic rings. The number of fused-ring (bicyclic) bond motifs is 6. The Kier molecular flexibility index (Phi) is 2.01. The van der Waals surface area contributed by atoms with Crippen LogP contribution in [0.5, 0.6) is 0 Å². The smallest absolute Gasteiger partial charge is 0.0743 e. The zero-order valence-electron chi connectivity index (χ0n) is 9.62. The van der Waals surface area contributed by atoms with Crippen molar-refractivity contribution in [2.24, 2.45) is 0 Å². The van der Waals surface area contributed by atoms with Crippen LogP contribution in [0.2, 0.25) is 0 Å². The Balaban J connectivity index is 1.99. The summed E-state index contributed by atoms with van der Waals surface area (Å²) in [7, 11) is 0. The van der Waals surface area contributed by atoms with Crippen molar-refractivity contribution in [1.82, 2.24) is 4.98 Å². The number of nitrogens with zero attached hydrogens (tertiary/aromatic N) is 1. The van der Waals surface area contributed by atoms with Gasteiger partial charge in [-0.1, -0.05) is 24.6 Å². The normalized spacial score (nSPS) is 25.5. The lowest BCUT2D eigenvalue weighted by Gasteiger charge is -2.35. The largest absolute Gasteiger partial charge is 0.251 e. The molecule has 2 atom stereocenters. The van der Waals surface area contributed by atoms with Crippen LogP contribution in [-0.4, -0.2) is 4.98 Å². The van der Waals surface area contributed by atoms with Gasteiger partial charge in [-0.2, -0.15) is 0 Å². The predicted octanol–water partition coefficient (Wildman–Crippen LogP) is 4.34. The lowest BCUT2D eigenvalue weighted by Crippen LogP contribution is -2.20. The van der Waals surface area contributed by atoms with Crippen molar-refractivity contribution in [3.8, 4) is 0 Å². The molecule has 4 rings (SSSR count). The molecule has 17 heavy (non-hydrogen) atoms. The number of aromatic nitrogens is 1. The van der Waals surface area contributed by atoms with E-state index in [1.807, 2.05) is 6.07 Å². The van der Waals surface area contributed by atoms with E-state index in [-0.39, 0.29) is 0 Å². The van der Waals surface area contributed by atoms with Gasteiger partial charge in [0.1, 0.15) is 0 Å². The average Bonchev–Trinajstić information content (AvgIpc) is 2.76. The highest BCUT2D eigenvalue weighted by Gasteiger charge is 2.42. The molecule has 1 heterocycles. The Labute approximate surface area is 106 Å². The molecule has 1 aromatic carbocycles. The van der Waals surface area contributed by atoms with Crippen molar-refractivity contribution in [2.75, 3.05) is 0 Å². The second-order valence-corrected chi connectivity index (χ2v) is 5.49. The Hall–Kier alpha value is -1.08. The molecule has 2 unspecified atom stereocenters. The summed E-state index contributed by atoms with van der Waals surface area (Å²) in [5.41, 5.74) is 5.29. The van der Waals surface area contributed by atoms with Crippen molar-refractivity contribution in [2.45, 2.75) is 37.0 Å². The van der Waals surface area contributed by atoms with E-state index in [4.69, 9.17) is 16.6 Å². The van der Waals surface area contributed by atoms with Crippen LogP contribution >= 0.6 is 11.6 Å². The molecule has 86 valence electrons. The molecule has 2 heteroatoms. The summed E-state index contributed by atoms with van der Waals surface area (Å²) >= 11 is 5.89. The lowest BCUT2D eigenvalue weighted by atomic mass is 9.69.